The maximum Gasteiger partial charge on any atom is 0.419 e. The second-order valence-electron chi connectivity index (χ2n) is 5.78. The molecule has 0 atom stereocenters. The largest absolute Gasteiger partial charge is 0.419 e. The Kier molecular flexibility index (Phi) is 4.95. The number of likely N-dealkylation sites (N-methyl/N-ethyl adjacent to an activating group) is 1. The van der Waals surface area contributed by atoms with E-state index in [1.54, 1.807) is 30.1 Å². The maximum atomic E-state index is 13.1. The summed E-state index contributed by atoms with van der Waals surface area (Å²) in [5.74, 6) is -1.08. The first-order valence-electron chi connectivity index (χ1n) is 7.85. The minimum Gasteiger partial charge on any atom is -0.408 e. The lowest BCUT2D eigenvalue weighted by Gasteiger charge is -2.16. The van der Waals surface area contributed by atoms with Crippen LogP contribution in [0.25, 0.3) is 11.1 Å². The molecule has 7 heteroatoms. The number of para-hydroxylation sites is 2. The molecule has 0 aliphatic carbocycles. The molecular formula is C18H18FN3O3. The first-order chi connectivity index (χ1) is 12.0. The van der Waals surface area contributed by atoms with Gasteiger partial charge in [0.15, 0.2) is 5.58 Å². The van der Waals surface area contributed by atoms with E-state index in [-0.39, 0.29) is 12.5 Å². The van der Waals surface area contributed by atoms with E-state index in [1.165, 1.54) is 22.8 Å². The lowest BCUT2D eigenvalue weighted by atomic mass is 10.3. The van der Waals surface area contributed by atoms with Gasteiger partial charge in [-0.1, -0.05) is 18.2 Å². The predicted molar refractivity (Wildman–Crippen MR) is 93.0 cm³/mol. The second kappa shape index (κ2) is 7.31. The van der Waals surface area contributed by atoms with Crippen molar-refractivity contribution < 1.29 is 13.6 Å². The molecule has 3 aromatic rings. The molecular weight excluding hydrogens is 325 g/mol. The van der Waals surface area contributed by atoms with Crippen molar-refractivity contribution in [3.63, 3.8) is 0 Å². The lowest BCUT2D eigenvalue weighted by Crippen LogP contribution is -2.33. The molecule has 0 saturated carbocycles. The zero-order valence-electron chi connectivity index (χ0n) is 13.7. The fraction of sp³-hybridized carbons (Fsp3) is 0.222. The number of fused-ring (bicyclic) bond motifs is 1. The monoisotopic (exact) mass is 343 g/mol. The van der Waals surface area contributed by atoms with E-state index in [2.05, 4.69) is 5.32 Å². The molecule has 0 unspecified atom stereocenters. The van der Waals surface area contributed by atoms with Crippen molar-refractivity contribution in [2.75, 3.05) is 25.5 Å². The number of carbonyl (C=O) groups excluding carboxylic acids is 1. The summed E-state index contributed by atoms with van der Waals surface area (Å²) in [7, 11) is 1.78. The number of hydrogen-bond acceptors (Lipinski definition) is 4. The normalized spacial score (nSPS) is 11.2. The number of hydrogen-bond donors (Lipinski definition) is 1. The average molecular weight is 343 g/mol. The zero-order chi connectivity index (χ0) is 17.8. The highest BCUT2D eigenvalue weighted by Gasteiger charge is 2.11. The summed E-state index contributed by atoms with van der Waals surface area (Å²) in [6, 6.07) is 12.9. The summed E-state index contributed by atoms with van der Waals surface area (Å²) >= 11 is 0. The number of halogens is 1. The van der Waals surface area contributed by atoms with Crippen molar-refractivity contribution in [2.45, 2.75) is 6.54 Å². The van der Waals surface area contributed by atoms with Crippen LogP contribution in [-0.2, 0) is 11.3 Å². The third kappa shape index (κ3) is 4.13. The molecule has 130 valence electrons. The van der Waals surface area contributed by atoms with E-state index < -0.39 is 11.6 Å². The highest BCUT2D eigenvalue weighted by atomic mass is 19.1. The molecule has 6 nitrogen and oxygen atoms in total. The van der Waals surface area contributed by atoms with Gasteiger partial charge < -0.3 is 9.73 Å². The van der Waals surface area contributed by atoms with Crippen LogP contribution in [0.15, 0.2) is 57.7 Å². The van der Waals surface area contributed by atoms with Gasteiger partial charge >= 0.3 is 5.76 Å². The average Bonchev–Trinajstić information content (AvgIpc) is 2.88. The number of aromatic nitrogens is 1. The van der Waals surface area contributed by atoms with E-state index in [0.29, 0.717) is 24.4 Å². The number of carbonyl (C=O) groups is 1. The topological polar surface area (TPSA) is 67.5 Å². The Labute approximate surface area is 143 Å². The molecule has 0 saturated heterocycles. The number of nitrogens with zero attached hydrogens (tertiary/aromatic N) is 2. The number of rotatable bonds is 6. The lowest BCUT2D eigenvalue weighted by molar-refractivity contribution is -0.117. The fourth-order valence-corrected chi connectivity index (χ4v) is 2.59. The van der Waals surface area contributed by atoms with Gasteiger partial charge in [-0.25, -0.2) is 9.18 Å². The van der Waals surface area contributed by atoms with Crippen molar-refractivity contribution in [3.05, 3.63) is 64.9 Å². The van der Waals surface area contributed by atoms with Gasteiger partial charge in [-0.05, 0) is 37.4 Å². The zero-order valence-corrected chi connectivity index (χ0v) is 13.7. The van der Waals surface area contributed by atoms with E-state index in [9.17, 15) is 14.0 Å². The molecule has 3 rings (SSSR count). The third-order valence-corrected chi connectivity index (χ3v) is 3.80. The molecule has 25 heavy (non-hydrogen) atoms. The van der Waals surface area contributed by atoms with E-state index in [1.807, 2.05) is 12.1 Å². The molecule has 0 aliphatic rings. The minimum absolute atomic E-state index is 0.126. The van der Waals surface area contributed by atoms with Crippen molar-refractivity contribution >= 4 is 22.7 Å². The summed E-state index contributed by atoms with van der Waals surface area (Å²) in [4.78, 5) is 25.7. The van der Waals surface area contributed by atoms with Gasteiger partial charge in [0.1, 0.15) is 5.82 Å². The number of nitrogens with one attached hydrogen (secondary N) is 1. The molecule has 0 aliphatic heterocycles. The van der Waals surface area contributed by atoms with Gasteiger partial charge in [-0.15, -0.1) is 0 Å². The third-order valence-electron chi connectivity index (χ3n) is 3.80. The van der Waals surface area contributed by atoms with Crippen LogP contribution in [0, 0.1) is 5.82 Å². The Hall–Kier alpha value is -2.93. The quantitative estimate of drug-likeness (QED) is 0.746. The SMILES string of the molecule is CN(CCn1c(=O)oc2ccccc21)CC(=O)Nc1cccc(F)c1. The molecule has 1 N–H and O–H groups in total. The number of anilines is 1. The van der Waals surface area contributed by atoms with Gasteiger partial charge in [-0.3, -0.25) is 14.3 Å². The van der Waals surface area contributed by atoms with Gasteiger partial charge in [0, 0.05) is 18.8 Å². The summed E-state index contributed by atoms with van der Waals surface area (Å²) in [5, 5.41) is 2.64. The van der Waals surface area contributed by atoms with E-state index >= 15 is 0 Å². The van der Waals surface area contributed by atoms with Crippen LogP contribution in [0.4, 0.5) is 10.1 Å². The van der Waals surface area contributed by atoms with Crippen LogP contribution in [-0.4, -0.2) is 35.5 Å². The van der Waals surface area contributed by atoms with Gasteiger partial charge in [-0.2, -0.15) is 0 Å². The molecule has 0 radical (unpaired) electrons. The smallest absolute Gasteiger partial charge is 0.408 e. The van der Waals surface area contributed by atoms with Crippen LogP contribution in [0.2, 0.25) is 0 Å². The van der Waals surface area contributed by atoms with Gasteiger partial charge in [0.25, 0.3) is 0 Å². The van der Waals surface area contributed by atoms with Crippen LogP contribution < -0.4 is 11.1 Å². The highest BCUT2D eigenvalue weighted by molar-refractivity contribution is 5.92. The Morgan fingerprint density at radius 2 is 2.04 bits per heavy atom. The Bertz CT molecular complexity index is 948. The fourth-order valence-electron chi connectivity index (χ4n) is 2.59. The van der Waals surface area contributed by atoms with Crippen LogP contribution in [0.1, 0.15) is 0 Å². The highest BCUT2D eigenvalue weighted by Crippen LogP contribution is 2.12. The summed E-state index contributed by atoms with van der Waals surface area (Å²) < 4.78 is 19.8. The molecule has 0 spiro atoms. The number of amides is 1. The molecule has 2 aromatic carbocycles. The van der Waals surface area contributed by atoms with Crippen LogP contribution in [0.5, 0.6) is 0 Å². The van der Waals surface area contributed by atoms with E-state index in [0.717, 1.165) is 5.52 Å². The summed E-state index contributed by atoms with van der Waals surface area (Å²) in [6.07, 6.45) is 0. The van der Waals surface area contributed by atoms with Gasteiger partial charge in [0.2, 0.25) is 5.91 Å². The van der Waals surface area contributed by atoms with Crippen molar-refractivity contribution in [3.8, 4) is 0 Å². The first-order valence-corrected chi connectivity index (χ1v) is 7.85. The molecule has 1 amide bonds. The number of oxazole rings is 1. The standard InChI is InChI=1S/C18H18FN3O3/c1-21(12-17(23)20-14-6-4-5-13(19)11-14)9-10-22-15-7-2-3-8-16(15)25-18(22)24/h2-8,11H,9-10,12H2,1H3,(H,20,23). The Balaban J connectivity index is 1.57. The van der Waals surface area contributed by atoms with Crippen LogP contribution in [0.3, 0.4) is 0 Å². The van der Waals surface area contributed by atoms with Crippen molar-refractivity contribution in [1.82, 2.24) is 9.47 Å². The minimum atomic E-state index is -0.418. The summed E-state index contributed by atoms with van der Waals surface area (Å²) in [5.41, 5.74) is 1.68. The molecule has 1 aromatic heterocycles. The molecule has 1 heterocycles. The maximum absolute atomic E-state index is 13.1. The molecule has 0 fully saturated rings. The number of benzene rings is 2. The Morgan fingerprint density at radius 1 is 1.24 bits per heavy atom. The van der Waals surface area contributed by atoms with E-state index in [4.69, 9.17) is 4.42 Å². The van der Waals surface area contributed by atoms with Gasteiger partial charge in [0.05, 0.1) is 12.1 Å². The predicted octanol–water partition coefficient (Wildman–Crippen LogP) is 2.30. The first kappa shape index (κ1) is 16.9. The van der Waals surface area contributed by atoms with Crippen molar-refractivity contribution in [1.29, 1.82) is 0 Å². The molecule has 0 bridgehead atoms. The van der Waals surface area contributed by atoms with Crippen molar-refractivity contribution in [2.24, 2.45) is 0 Å². The van der Waals surface area contributed by atoms with Crippen LogP contribution >= 0.6 is 0 Å². The Morgan fingerprint density at radius 3 is 2.84 bits per heavy atom. The summed E-state index contributed by atoms with van der Waals surface area (Å²) in [6.45, 7) is 1.01. The second-order valence-corrected chi connectivity index (χ2v) is 5.78.